The second-order valence-corrected chi connectivity index (χ2v) is 3.40. The summed E-state index contributed by atoms with van der Waals surface area (Å²) in [5.74, 6) is 0. The van der Waals surface area contributed by atoms with E-state index in [2.05, 4.69) is 17.0 Å². The van der Waals surface area contributed by atoms with Gasteiger partial charge >= 0.3 is 0 Å². The van der Waals surface area contributed by atoms with Crippen LogP contribution in [0.1, 0.15) is 31.4 Å². The summed E-state index contributed by atoms with van der Waals surface area (Å²) < 4.78 is 1.80. The van der Waals surface area contributed by atoms with Gasteiger partial charge in [-0.15, -0.1) is 0 Å². The lowest BCUT2D eigenvalue weighted by Gasteiger charge is -2.07. The predicted molar refractivity (Wildman–Crippen MR) is 54.8 cm³/mol. The molecule has 4 nitrogen and oxygen atoms in total. The van der Waals surface area contributed by atoms with Crippen LogP contribution in [0.2, 0.25) is 0 Å². The van der Waals surface area contributed by atoms with Gasteiger partial charge in [-0.3, -0.25) is 4.98 Å². The van der Waals surface area contributed by atoms with Crippen molar-refractivity contribution in [3.63, 3.8) is 0 Å². The van der Waals surface area contributed by atoms with Crippen LogP contribution in [0, 0.1) is 0 Å². The Labute approximate surface area is 82.8 Å². The third-order valence-electron chi connectivity index (χ3n) is 2.35. The lowest BCUT2D eigenvalue weighted by Crippen LogP contribution is -2.09. The molecule has 4 heteroatoms. The highest BCUT2D eigenvalue weighted by molar-refractivity contribution is 5.52. The van der Waals surface area contributed by atoms with Crippen LogP contribution in [0.3, 0.4) is 0 Å². The van der Waals surface area contributed by atoms with Gasteiger partial charge in [-0.05, 0) is 6.42 Å². The van der Waals surface area contributed by atoms with Crippen LogP contribution in [0.25, 0.3) is 5.52 Å². The Balaban J connectivity index is 2.42. The number of nitrogens with zero attached hydrogens (tertiary/aromatic N) is 3. The zero-order chi connectivity index (χ0) is 9.97. The molecule has 0 aliphatic carbocycles. The first-order valence-electron chi connectivity index (χ1n) is 4.85. The molecule has 2 aromatic heterocycles. The zero-order valence-electron chi connectivity index (χ0n) is 8.22. The minimum Gasteiger partial charge on any atom is -0.324 e. The Bertz CT molecular complexity index is 421. The number of rotatable bonds is 3. The monoisotopic (exact) mass is 190 g/mol. The van der Waals surface area contributed by atoms with Crippen LogP contribution in [-0.4, -0.2) is 14.6 Å². The number of hydrogen-bond donors (Lipinski definition) is 1. The Hall–Kier alpha value is -1.42. The first-order chi connectivity index (χ1) is 6.83. The number of fused-ring (bicyclic) bond motifs is 1. The fraction of sp³-hybridized carbons (Fsp3) is 0.400. The molecule has 0 aliphatic heterocycles. The lowest BCUT2D eigenvalue weighted by molar-refractivity contribution is 0.642. The minimum atomic E-state index is 0.0710. The highest BCUT2D eigenvalue weighted by Gasteiger charge is 2.10. The summed E-state index contributed by atoms with van der Waals surface area (Å²) >= 11 is 0. The summed E-state index contributed by atoms with van der Waals surface area (Å²) in [6.07, 6.45) is 9.25. The van der Waals surface area contributed by atoms with Gasteiger partial charge in [0.05, 0.1) is 17.9 Å². The van der Waals surface area contributed by atoms with E-state index in [-0.39, 0.29) is 6.04 Å². The van der Waals surface area contributed by atoms with E-state index < -0.39 is 0 Å². The Kier molecular flexibility index (Phi) is 2.45. The van der Waals surface area contributed by atoms with E-state index in [0.29, 0.717) is 0 Å². The number of nitrogens with two attached hydrogens (primary N) is 1. The summed E-state index contributed by atoms with van der Waals surface area (Å²) in [6.45, 7) is 2.13. The van der Waals surface area contributed by atoms with Crippen molar-refractivity contribution in [2.75, 3.05) is 0 Å². The fourth-order valence-corrected chi connectivity index (χ4v) is 1.60. The van der Waals surface area contributed by atoms with Gasteiger partial charge in [0.25, 0.3) is 0 Å². The van der Waals surface area contributed by atoms with Crippen LogP contribution in [-0.2, 0) is 0 Å². The van der Waals surface area contributed by atoms with E-state index >= 15 is 0 Å². The van der Waals surface area contributed by atoms with Gasteiger partial charge in [-0.2, -0.15) is 5.10 Å². The van der Waals surface area contributed by atoms with E-state index in [1.165, 1.54) is 0 Å². The van der Waals surface area contributed by atoms with Crippen LogP contribution in [0.15, 0.2) is 24.8 Å². The van der Waals surface area contributed by atoms with Gasteiger partial charge in [0.15, 0.2) is 0 Å². The standard InChI is InChI=1S/C10H14N4/c1-2-3-9(11)8-6-13-14-5-4-12-7-10(8)14/h4-7,9H,2-3,11H2,1H3. The van der Waals surface area contributed by atoms with Crippen molar-refractivity contribution in [3.8, 4) is 0 Å². The van der Waals surface area contributed by atoms with Gasteiger partial charge in [0.1, 0.15) is 0 Å². The molecule has 0 amide bonds. The van der Waals surface area contributed by atoms with Gasteiger partial charge in [-0.1, -0.05) is 13.3 Å². The molecular weight excluding hydrogens is 176 g/mol. The molecule has 0 radical (unpaired) electrons. The maximum atomic E-state index is 6.03. The fourth-order valence-electron chi connectivity index (χ4n) is 1.60. The molecule has 0 spiro atoms. The van der Waals surface area contributed by atoms with Gasteiger partial charge in [-0.25, -0.2) is 4.52 Å². The smallest absolute Gasteiger partial charge is 0.0892 e. The second kappa shape index (κ2) is 3.75. The summed E-state index contributed by atoms with van der Waals surface area (Å²) in [6, 6.07) is 0.0710. The number of hydrogen-bond acceptors (Lipinski definition) is 3. The SMILES string of the molecule is CCCC(N)c1cnn2ccncc12. The molecule has 14 heavy (non-hydrogen) atoms. The normalized spacial score (nSPS) is 13.3. The second-order valence-electron chi connectivity index (χ2n) is 3.40. The first kappa shape index (κ1) is 9.15. The topological polar surface area (TPSA) is 56.2 Å². The van der Waals surface area contributed by atoms with Crippen LogP contribution in [0.4, 0.5) is 0 Å². The van der Waals surface area contributed by atoms with E-state index in [4.69, 9.17) is 5.73 Å². The summed E-state index contributed by atoms with van der Waals surface area (Å²) in [7, 11) is 0. The van der Waals surface area contributed by atoms with E-state index in [1.807, 2.05) is 12.4 Å². The van der Waals surface area contributed by atoms with Gasteiger partial charge < -0.3 is 5.73 Å². The third kappa shape index (κ3) is 1.48. The van der Waals surface area contributed by atoms with E-state index in [0.717, 1.165) is 23.9 Å². The molecule has 2 aromatic rings. The predicted octanol–water partition coefficient (Wildman–Crippen LogP) is 1.53. The average Bonchev–Trinajstić information content (AvgIpc) is 2.61. The quantitative estimate of drug-likeness (QED) is 0.798. The van der Waals surface area contributed by atoms with Crippen molar-refractivity contribution in [1.29, 1.82) is 0 Å². The first-order valence-corrected chi connectivity index (χ1v) is 4.85. The van der Waals surface area contributed by atoms with Gasteiger partial charge in [0, 0.05) is 24.0 Å². The molecule has 1 unspecified atom stereocenters. The van der Waals surface area contributed by atoms with Crippen molar-refractivity contribution in [2.45, 2.75) is 25.8 Å². The molecule has 0 saturated heterocycles. The maximum Gasteiger partial charge on any atom is 0.0892 e. The molecule has 1 atom stereocenters. The molecule has 2 rings (SSSR count). The van der Waals surface area contributed by atoms with Crippen molar-refractivity contribution in [2.24, 2.45) is 5.73 Å². The Morgan fingerprint density at radius 3 is 3.14 bits per heavy atom. The van der Waals surface area contributed by atoms with E-state index in [9.17, 15) is 0 Å². The Morgan fingerprint density at radius 2 is 2.36 bits per heavy atom. The highest BCUT2D eigenvalue weighted by atomic mass is 15.2. The maximum absolute atomic E-state index is 6.03. The molecule has 0 saturated carbocycles. The lowest BCUT2D eigenvalue weighted by atomic mass is 10.1. The molecule has 0 aromatic carbocycles. The number of aromatic nitrogens is 3. The van der Waals surface area contributed by atoms with Crippen molar-refractivity contribution < 1.29 is 0 Å². The van der Waals surface area contributed by atoms with Crippen LogP contribution >= 0.6 is 0 Å². The molecule has 0 fully saturated rings. The van der Waals surface area contributed by atoms with Gasteiger partial charge in [0.2, 0.25) is 0 Å². The largest absolute Gasteiger partial charge is 0.324 e. The zero-order valence-corrected chi connectivity index (χ0v) is 8.22. The van der Waals surface area contributed by atoms with Crippen LogP contribution < -0.4 is 5.73 Å². The molecule has 0 aliphatic rings. The van der Waals surface area contributed by atoms with E-state index in [1.54, 1.807) is 16.9 Å². The molecule has 0 bridgehead atoms. The summed E-state index contributed by atoms with van der Waals surface area (Å²) in [5.41, 5.74) is 8.13. The molecular formula is C10H14N4. The summed E-state index contributed by atoms with van der Waals surface area (Å²) in [5, 5.41) is 4.22. The van der Waals surface area contributed by atoms with Crippen molar-refractivity contribution in [1.82, 2.24) is 14.6 Å². The third-order valence-corrected chi connectivity index (χ3v) is 2.35. The minimum absolute atomic E-state index is 0.0710. The average molecular weight is 190 g/mol. The molecule has 74 valence electrons. The molecule has 2 heterocycles. The van der Waals surface area contributed by atoms with Crippen molar-refractivity contribution >= 4 is 5.52 Å². The summed E-state index contributed by atoms with van der Waals surface area (Å²) in [4.78, 5) is 4.07. The van der Waals surface area contributed by atoms with Crippen LogP contribution in [0.5, 0.6) is 0 Å². The molecule has 2 N–H and O–H groups in total. The van der Waals surface area contributed by atoms with Crippen molar-refractivity contribution in [3.05, 3.63) is 30.4 Å². The Morgan fingerprint density at radius 1 is 1.50 bits per heavy atom. The highest BCUT2D eigenvalue weighted by Crippen LogP contribution is 2.19.